The van der Waals surface area contributed by atoms with E-state index in [-0.39, 0.29) is 23.9 Å². The maximum absolute atomic E-state index is 13.6. The molecule has 0 aliphatic carbocycles. The summed E-state index contributed by atoms with van der Waals surface area (Å²) >= 11 is 0. The number of hydrogen-bond donors (Lipinski definition) is 0. The molecule has 0 heterocycles. The zero-order chi connectivity index (χ0) is 11.3. The third-order valence-electron chi connectivity index (χ3n) is 1.76. The summed E-state index contributed by atoms with van der Waals surface area (Å²) in [5.74, 6) is -0.850. The molecule has 1 aromatic carbocycles. The molecule has 15 heavy (non-hydrogen) atoms. The van der Waals surface area contributed by atoms with E-state index in [2.05, 4.69) is 4.74 Å². The van der Waals surface area contributed by atoms with Gasteiger partial charge in [0.2, 0.25) is 5.82 Å². The second-order valence-corrected chi connectivity index (χ2v) is 2.67. The van der Waals surface area contributed by atoms with E-state index in [1.54, 1.807) is 0 Å². The number of methoxy groups -OCH3 is 2. The standard InChI is InChI=1S/C10H11FO4/c1-13-6-15-10-7(5-12)3-4-8(14-2)9(10)11/h3-5H,6H2,1-2H3. The second-order valence-electron chi connectivity index (χ2n) is 2.67. The number of ether oxygens (including phenoxy) is 3. The summed E-state index contributed by atoms with van der Waals surface area (Å²) in [7, 11) is 2.73. The van der Waals surface area contributed by atoms with Crippen LogP contribution in [0.4, 0.5) is 4.39 Å². The summed E-state index contributed by atoms with van der Waals surface area (Å²) < 4.78 is 27.9. The Labute approximate surface area is 86.6 Å². The Bertz CT molecular complexity index is 352. The first-order chi connectivity index (χ1) is 7.24. The van der Waals surface area contributed by atoms with E-state index in [1.807, 2.05) is 0 Å². The molecule has 0 bridgehead atoms. The van der Waals surface area contributed by atoms with Gasteiger partial charge in [0.15, 0.2) is 24.6 Å². The Morgan fingerprint density at radius 1 is 1.40 bits per heavy atom. The summed E-state index contributed by atoms with van der Waals surface area (Å²) in [5, 5.41) is 0. The molecule has 0 aromatic heterocycles. The molecule has 0 saturated heterocycles. The van der Waals surface area contributed by atoms with Crippen molar-refractivity contribution in [2.45, 2.75) is 0 Å². The first-order valence-electron chi connectivity index (χ1n) is 4.18. The second kappa shape index (κ2) is 5.31. The molecule has 5 heteroatoms. The molecule has 1 aromatic rings. The van der Waals surface area contributed by atoms with E-state index in [1.165, 1.54) is 26.4 Å². The lowest BCUT2D eigenvalue weighted by atomic mass is 10.2. The molecule has 0 spiro atoms. The van der Waals surface area contributed by atoms with Crippen LogP contribution in [0.3, 0.4) is 0 Å². The zero-order valence-corrected chi connectivity index (χ0v) is 8.45. The van der Waals surface area contributed by atoms with Crippen LogP contribution in [0.5, 0.6) is 11.5 Å². The highest BCUT2D eigenvalue weighted by Gasteiger charge is 2.14. The smallest absolute Gasteiger partial charge is 0.207 e. The van der Waals surface area contributed by atoms with Gasteiger partial charge in [0, 0.05) is 7.11 Å². The maximum Gasteiger partial charge on any atom is 0.207 e. The molecule has 0 saturated carbocycles. The highest BCUT2D eigenvalue weighted by molar-refractivity contribution is 5.80. The van der Waals surface area contributed by atoms with Crippen LogP contribution >= 0.6 is 0 Å². The average molecular weight is 214 g/mol. The summed E-state index contributed by atoms with van der Waals surface area (Å²) in [6.07, 6.45) is 0.507. The Balaban J connectivity index is 3.10. The largest absolute Gasteiger partial charge is 0.494 e. The van der Waals surface area contributed by atoms with Crippen LogP contribution in [0, 0.1) is 5.82 Å². The van der Waals surface area contributed by atoms with Gasteiger partial charge in [-0.05, 0) is 12.1 Å². The summed E-state index contributed by atoms with van der Waals surface area (Å²) in [6.45, 7) is -0.134. The fraction of sp³-hybridized carbons (Fsp3) is 0.300. The number of carbonyl (C=O) groups excluding carboxylic acids is 1. The number of halogens is 1. The third kappa shape index (κ3) is 2.44. The van der Waals surface area contributed by atoms with Crippen molar-refractivity contribution in [3.8, 4) is 11.5 Å². The third-order valence-corrected chi connectivity index (χ3v) is 1.76. The number of hydrogen-bond acceptors (Lipinski definition) is 4. The van der Waals surface area contributed by atoms with Crippen LogP contribution in [-0.2, 0) is 4.74 Å². The van der Waals surface area contributed by atoms with Gasteiger partial charge in [-0.15, -0.1) is 0 Å². The van der Waals surface area contributed by atoms with Gasteiger partial charge in [0.05, 0.1) is 12.7 Å². The van der Waals surface area contributed by atoms with Crippen LogP contribution < -0.4 is 9.47 Å². The molecule has 0 atom stereocenters. The predicted octanol–water partition coefficient (Wildman–Crippen LogP) is 1.63. The van der Waals surface area contributed by atoms with Crippen molar-refractivity contribution < 1.29 is 23.4 Å². The van der Waals surface area contributed by atoms with Crippen molar-refractivity contribution in [1.82, 2.24) is 0 Å². The first-order valence-corrected chi connectivity index (χ1v) is 4.18. The molecule has 82 valence electrons. The van der Waals surface area contributed by atoms with Gasteiger partial charge in [-0.3, -0.25) is 4.79 Å². The van der Waals surface area contributed by atoms with Crippen molar-refractivity contribution in [3.05, 3.63) is 23.5 Å². The van der Waals surface area contributed by atoms with Gasteiger partial charge in [-0.25, -0.2) is 0 Å². The van der Waals surface area contributed by atoms with Gasteiger partial charge in [-0.1, -0.05) is 0 Å². The monoisotopic (exact) mass is 214 g/mol. The van der Waals surface area contributed by atoms with Crippen LogP contribution in [0.2, 0.25) is 0 Å². The molecule has 0 amide bonds. The fourth-order valence-corrected chi connectivity index (χ4v) is 1.07. The Kier molecular flexibility index (Phi) is 4.05. The molecule has 0 aliphatic rings. The molecule has 1 rings (SSSR count). The molecule has 0 radical (unpaired) electrons. The van der Waals surface area contributed by atoms with Crippen molar-refractivity contribution in [1.29, 1.82) is 0 Å². The molecule has 0 aliphatic heterocycles. The summed E-state index contributed by atoms with van der Waals surface area (Å²) in [4.78, 5) is 10.6. The van der Waals surface area contributed by atoms with Gasteiger partial charge in [-0.2, -0.15) is 4.39 Å². The normalized spacial score (nSPS) is 9.80. The molecule has 0 fully saturated rings. The minimum absolute atomic E-state index is 0.0201. The minimum atomic E-state index is -0.709. The summed E-state index contributed by atoms with van der Waals surface area (Å²) in [5.41, 5.74) is 0.116. The Morgan fingerprint density at radius 2 is 2.13 bits per heavy atom. The highest BCUT2D eigenvalue weighted by Crippen LogP contribution is 2.29. The lowest BCUT2D eigenvalue weighted by molar-refractivity contribution is 0.0473. The Morgan fingerprint density at radius 3 is 2.67 bits per heavy atom. The highest BCUT2D eigenvalue weighted by atomic mass is 19.1. The van der Waals surface area contributed by atoms with Crippen LogP contribution in [-0.4, -0.2) is 27.3 Å². The van der Waals surface area contributed by atoms with Crippen molar-refractivity contribution in [2.75, 3.05) is 21.0 Å². The lowest BCUT2D eigenvalue weighted by Crippen LogP contribution is -2.04. The van der Waals surface area contributed by atoms with Gasteiger partial charge < -0.3 is 14.2 Å². The van der Waals surface area contributed by atoms with Crippen LogP contribution in [0.15, 0.2) is 12.1 Å². The molecular weight excluding hydrogens is 203 g/mol. The van der Waals surface area contributed by atoms with Crippen molar-refractivity contribution >= 4 is 6.29 Å². The average Bonchev–Trinajstić information content (AvgIpc) is 2.27. The zero-order valence-electron chi connectivity index (χ0n) is 8.45. The number of carbonyl (C=O) groups is 1. The fourth-order valence-electron chi connectivity index (χ4n) is 1.07. The maximum atomic E-state index is 13.6. The van der Waals surface area contributed by atoms with E-state index in [0.29, 0.717) is 6.29 Å². The van der Waals surface area contributed by atoms with Crippen LogP contribution in [0.1, 0.15) is 10.4 Å². The van der Waals surface area contributed by atoms with E-state index in [9.17, 15) is 9.18 Å². The summed E-state index contributed by atoms with van der Waals surface area (Å²) in [6, 6.07) is 2.78. The Hall–Kier alpha value is -1.62. The predicted molar refractivity (Wildman–Crippen MR) is 50.8 cm³/mol. The van der Waals surface area contributed by atoms with E-state index >= 15 is 0 Å². The topological polar surface area (TPSA) is 44.8 Å². The first kappa shape index (κ1) is 11.5. The molecular formula is C10H11FO4. The number of benzene rings is 1. The SMILES string of the molecule is COCOc1c(C=O)ccc(OC)c1F. The minimum Gasteiger partial charge on any atom is -0.494 e. The molecule has 4 nitrogen and oxygen atoms in total. The van der Waals surface area contributed by atoms with E-state index < -0.39 is 5.82 Å². The van der Waals surface area contributed by atoms with E-state index in [4.69, 9.17) is 9.47 Å². The number of rotatable bonds is 5. The van der Waals surface area contributed by atoms with Crippen molar-refractivity contribution in [3.63, 3.8) is 0 Å². The molecule has 0 unspecified atom stereocenters. The quantitative estimate of drug-likeness (QED) is 0.552. The molecule has 0 N–H and O–H groups in total. The van der Waals surface area contributed by atoms with Gasteiger partial charge in [0.1, 0.15) is 0 Å². The number of aldehydes is 1. The van der Waals surface area contributed by atoms with Gasteiger partial charge >= 0.3 is 0 Å². The van der Waals surface area contributed by atoms with Crippen LogP contribution in [0.25, 0.3) is 0 Å². The lowest BCUT2D eigenvalue weighted by Gasteiger charge is -2.10. The van der Waals surface area contributed by atoms with Gasteiger partial charge in [0.25, 0.3) is 0 Å². The van der Waals surface area contributed by atoms with E-state index in [0.717, 1.165) is 0 Å². The van der Waals surface area contributed by atoms with Crippen molar-refractivity contribution in [2.24, 2.45) is 0 Å².